The van der Waals surface area contributed by atoms with Crippen LogP contribution in [0.1, 0.15) is 31.7 Å². The summed E-state index contributed by atoms with van der Waals surface area (Å²) in [5.74, 6) is 0.617. The van der Waals surface area contributed by atoms with E-state index in [1.807, 2.05) is 13.8 Å². The standard InChI is InChI=1S/C17H19N3O5/c1-4-5-14-18-11(7-22-14)15-19-12(8-23-15)16-20-13(9-24-16)17(21)25-6-10(2)3/h4,7-10,16,20H,1,5-6H2,2-3H3. The van der Waals surface area contributed by atoms with Crippen LogP contribution in [-0.2, 0) is 20.7 Å². The number of carbonyl (C=O) groups is 1. The number of aromatic nitrogens is 2. The molecule has 0 radical (unpaired) electrons. The van der Waals surface area contributed by atoms with Gasteiger partial charge in [-0.25, -0.2) is 14.8 Å². The lowest BCUT2D eigenvalue weighted by Crippen LogP contribution is -2.23. The average molecular weight is 345 g/mol. The fourth-order valence-corrected chi connectivity index (χ4v) is 2.07. The first-order chi connectivity index (χ1) is 12.1. The summed E-state index contributed by atoms with van der Waals surface area (Å²) in [6.07, 6.45) is 5.80. The lowest BCUT2D eigenvalue weighted by Gasteiger charge is -2.10. The smallest absolute Gasteiger partial charge is 0.357 e. The fraction of sp³-hybridized carbons (Fsp3) is 0.353. The topological polar surface area (TPSA) is 99.6 Å². The van der Waals surface area contributed by atoms with E-state index in [0.29, 0.717) is 36.2 Å². The van der Waals surface area contributed by atoms with Crippen molar-refractivity contribution in [2.24, 2.45) is 5.92 Å². The Labute approximate surface area is 144 Å². The first-order valence-electron chi connectivity index (χ1n) is 7.87. The van der Waals surface area contributed by atoms with E-state index in [4.69, 9.17) is 18.3 Å². The molecule has 8 nitrogen and oxygen atoms in total. The molecule has 1 aliphatic rings. The molecule has 3 rings (SSSR count). The predicted octanol–water partition coefficient (Wildman–Crippen LogP) is 2.72. The highest BCUT2D eigenvalue weighted by Gasteiger charge is 2.28. The summed E-state index contributed by atoms with van der Waals surface area (Å²) in [4.78, 5) is 20.5. The van der Waals surface area contributed by atoms with Gasteiger partial charge < -0.3 is 23.6 Å². The molecular formula is C17H19N3O5. The van der Waals surface area contributed by atoms with Crippen LogP contribution in [0.15, 0.2) is 46.0 Å². The van der Waals surface area contributed by atoms with Crippen molar-refractivity contribution in [3.63, 3.8) is 0 Å². The predicted molar refractivity (Wildman–Crippen MR) is 86.7 cm³/mol. The summed E-state index contributed by atoms with van der Waals surface area (Å²) in [5.41, 5.74) is 1.20. The largest absolute Gasteiger partial charge is 0.470 e. The highest BCUT2D eigenvalue weighted by atomic mass is 16.5. The van der Waals surface area contributed by atoms with Gasteiger partial charge in [0.05, 0.1) is 6.61 Å². The molecule has 1 atom stereocenters. The molecule has 1 N–H and O–H groups in total. The lowest BCUT2D eigenvalue weighted by atomic mass is 10.2. The minimum Gasteiger partial charge on any atom is -0.470 e. The SMILES string of the molecule is C=CCc1nc(-c2nc(C3NC(C(=O)OCC(C)C)=CO3)co2)co1. The monoisotopic (exact) mass is 345 g/mol. The third-order valence-corrected chi connectivity index (χ3v) is 3.26. The number of oxazole rings is 2. The number of allylic oxidation sites excluding steroid dienone is 1. The Bertz CT molecular complexity index is 790. The Morgan fingerprint density at radius 1 is 1.40 bits per heavy atom. The van der Waals surface area contributed by atoms with Gasteiger partial charge in [-0.05, 0) is 5.92 Å². The van der Waals surface area contributed by atoms with Gasteiger partial charge in [0.2, 0.25) is 12.1 Å². The maximum atomic E-state index is 11.9. The number of hydrogen-bond donors (Lipinski definition) is 1. The number of nitrogens with one attached hydrogen (secondary N) is 1. The van der Waals surface area contributed by atoms with Crippen LogP contribution in [0.25, 0.3) is 11.6 Å². The van der Waals surface area contributed by atoms with Crippen molar-refractivity contribution in [1.82, 2.24) is 15.3 Å². The second-order valence-corrected chi connectivity index (χ2v) is 5.88. The zero-order chi connectivity index (χ0) is 17.8. The number of hydrogen-bond acceptors (Lipinski definition) is 8. The first kappa shape index (κ1) is 16.8. The van der Waals surface area contributed by atoms with E-state index in [0.717, 1.165) is 0 Å². The Morgan fingerprint density at radius 2 is 2.24 bits per heavy atom. The van der Waals surface area contributed by atoms with Crippen LogP contribution < -0.4 is 5.32 Å². The van der Waals surface area contributed by atoms with Crippen molar-refractivity contribution in [3.8, 4) is 11.6 Å². The van der Waals surface area contributed by atoms with Crippen molar-refractivity contribution in [2.45, 2.75) is 26.5 Å². The quantitative estimate of drug-likeness (QED) is 0.604. The molecule has 2 aromatic rings. The molecule has 2 aromatic heterocycles. The van der Waals surface area contributed by atoms with E-state index in [1.54, 1.807) is 6.08 Å². The van der Waals surface area contributed by atoms with Gasteiger partial charge in [-0.2, -0.15) is 0 Å². The van der Waals surface area contributed by atoms with E-state index in [9.17, 15) is 4.79 Å². The van der Waals surface area contributed by atoms with E-state index in [1.165, 1.54) is 18.8 Å². The van der Waals surface area contributed by atoms with Crippen LogP contribution in [0.3, 0.4) is 0 Å². The van der Waals surface area contributed by atoms with E-state index >= 15 is 0 Å². The van der Waals surface area contributed by atoms with Crippen molar-refractivity contribution in [1.29, 1.82) is 0 Å². The van der Waals surface area contributed by atoms with Gasteiger partial charge in [-0.15, -0.1) is 6.58 Å². The molecule has 0 amide bonds. The van der Waals surface area contributed by atoms with Crippen LogP contribution in [-0.4, -0.2) is 22.5 Å². The number of rotatable bonds is 7. The molecule has 25 heavy (non-hydrogen) atoms. The van der Waals surface area contributed by atoms with Gasteiger partial charge >= 0.3 is 5.97 Å². The van der Waals surface area contributed by atoms with E-state index in [2.05, 4.69) is 21.9 Å². The number of ether oxygens (including phenoxy) is 2. The Balaban J connectivity index is 1.62. The van der Waals surface area contributed by atoms with Crippen LogP contribution in [0.5, 0.6) is 0 Å². The third-order valence-electron chi connectivity index (χ3n) is 3.26. The first-order valence-corrected chi connectivity index (χ1v) is 7.87. The van der Waals surface area contributed by atoms with Gasteiger partial charge in [-0.3, -0.25) is 0 Å². The number of esters is 1. The third kappa shape index (κ3) is 3.90. The minimum absolute atomic E-state index is 0.241. The average Bonchev–Trinajstić information content (AvgIpc) is 3.31. The van der Waals surface area contributed by atoms with Crippen molar-refractivity contribution in [3.05, 3.63) is 48.7 Å². The zero-order valence-electron chi connectivity index (χ0n) is 14.0. The molecule has 0 aromatic carbocycles. The maximum Gasteiger partial charge on any atom is 0.357 e. The summed E-state index contributed by atoms with van der Waals surface area (Å²) in [5, 5.41) is 2.91. The molecule has 3 heterocycles. The molecule has 0 saturated carbocycles. The summed E-state index contributed by atoms with van der Waals surface area (Å²) in [6, 6.07) is 0. The van der Waals surface area contributed by atoms with E-state index < -0.39 is 12.2 Å². The second-order valence-electron chi connectivity index (χ2n) is 5.88. The highest BCUT2D eigenvalue weighted by molar-refractivity contribution is 5.87. The number of carbonyl (C=O) groups excluding carboxylic acids is 1. The molecule has 8 heteroatoms. The molecule has 0 fully saturated rings. The lowest BCUT2D eigenvalue weighted by molar-refractivity contribution is -0.140. The normalized spacial score (nSPS) is 16.3. The summed E-state index contributed by atoms with van der Waals surface area (Å²) in [6.45, 7) is 7.90. The second kappa shape index (κ2) is 7.25. The minimum atomic E-state index is -0.626. The molecule has 1 aliphatic heterocycles. The Kier molecular flexibility index (Phi) is 4.87. The van der Waals surface area contributed by atoms with Gasteiger partial charge in [0.1, 0.15) is 24.5 Å². The molecule has 0 saturated heterocycles. The van der Waals surface area contributed by atoms with Crippen molar-refractivity contribution < 1.29 is 23.1 Å². The fourth-order valence-electron chi connectivity index (χ4n) is 2.07. The van der Waals surface area contributed by atoms with Crippen LogP contribution >= 0.6 is 0 Å². The van der Waals surface area contributed by atoms with Crippen LogP contribution in [0, 0.1) is 5.92 Å². The van der Waals surface area contributed by atoms with Gasteiger partial charge in [0.25, 0.3) is 0 Å². The summed E-state index contributed by atoms with van der Waals surface area (Å²) < 4.78 is 21.3. The molecule has 0 aliphatic carbocycles. The van der Waals surface area contributed by atoms with Crippen LogP contribution in [0.2, 0.25) is 0 Å². The molecule has 1 unspecified atom stereocenters. The zero-order valence-corrected chi connectivity index (χ0v) is 14.0. The summed E-state index contributed by atoms with van der Waals surface area (Å²) >= 11 is 0. The van der Waals surface area contributed by atoms with Crippen LogP contribution in [0.4, 0.5) is 0 Å². The molecule has 132 valence electrons. The van der Waals surface area contributed by atoms with Crippen molar-refractivity contribution in [2.75, 3.05) is 6.61 Å². The molecule has 0 spiro atoms. The molecule has 0 bridgehead atoms. The highest BCUT2D eigenvalue weighted by Crippen LogP contribution is 2.25. The van der Waals surface area contributed by atoms with Gasteiger partial charge in [-0.1, -0.05) is 19.9 Å². The summed E-state index contributed by atoms with van der Waals surface area (Å²) in [7, 11) is 0. The maximum absolute atomic E-state index is 11.9. The van der Waals surface area contributed by atoms with Gasteiger partial charge in [0.15, 0.2) is 17.3 Å². The molecular weight excluding hydrogens is 326 g/mol. The Morgan fingerprint density at radius 3 is 3.00 bits per heavy atom. The van der Waals surface area contributed by atoms with Crippen molar-refractivity contribution >= 4 is 5.97 Å². The Hall–Kier alpha value is -3.03. The van der Waals surface area contributed by atoms with Gasteiger partial charge in [0, 0.05) is 6.42 Å². The number of nitrogens with zero attached hydrogens (tertiary/aromatic N) is 2. The van der Waals surface area contributed by atoms with E-state index in [-0.39, 0.29) is 11.6 Å².